The number of hydrogen-bond acceptors (Lipinski definition) is 7. The van der Waals surface area contributed by atoms with E-state index < -0.39 is 29.3 Å². The van der Waals surface area contributed by atoms with E-state index in [0.29, 0.717) is 4.88 Å². The van der Waals surface area contributed by atoms with E-state index in [1.54, 1.807) is 17.5 Å². The second-order valence-corrected chi connectivity index (χ2v) is 5.62. The minimum Gasteiger partial charge on any atom is -0.454 e. The van der Waals surface area contributed by atoms with Gasteiger partial charge in [-0.25, -0.2) is 0 Å². The lowest BCUT2D eigenvalue weighted by atomic mass is 10.3. The average Bonchev–Trinajstić information content (AvgIpc) is 3.12. The van der Waals surface area contributed by atoms with E-state index in [9.17, 15) is 24.5 Å². The number of nitro benzene ring substituents is 1. The van der Waals surface area contributed by atoms with Crippen LogP contribution in [-0.4, -0.2) is 35.9 Å². The third-order valence-corrected chi connectivity index (χ3v) is 3.71. The molecule has 2 aromatic rings. The number of nitrogens with one attached hydrogen (secondary N) is 2. The highest BCUT2D eigenvalue weighted by molar-refractivity contribution is 7.12. The normalized spacial score (nSPS) is 9.92. The Hall–Kier alpha value is -3.27. The van der Waals surface area contributed by atoms with E-state index in [0.717, 1.165) is 0 Å². The van der Waals surface area contributed by atoms with E-state index in [1.807, 2.05) is 0 Å². The van der Waals surface area contributed by atoms with Crippen LogP contribution in [0.3, 0.4) is 0 Å². The second-order valence-electron chi connectivity index (χ2n) is 4.68. The smallest absolute Gasteiger partial charge is 0.325 e. The van der Waals surface area contributed by atoms with Gasteiger partial charge in [-0.1, -0.05) is 12.1 Å². The summed E-state index contributed by atoms with van der Waals surface area (Å²) in [6, 6.07) is 8.66. The third-order valence-electron chi connectivity index (χ3n) is 2.84. The molecular weight excluding hydrogens is 350 g/mol. The van der Waals surface area contributed by atoms with Gasteiger partial charge < -0.3 is 15.4 Å². The van der Waals surface area contributed by atoms with Crippen LogP contribution in [-0.2, 0) is 14.3 Å². The SMILES string of the molecule is O=C(COC(=O)CNC(=O)c1cccs1)Nc1cccc([N+](=O)[O-])c1. The van der Waals surface area contributed by atoms with Crippen LogP contribution in [0.25, 0.3) is 0 Å². The minimum absolute atomic E-state index is 0.175. The maximum Gasteiger partial charge on any atom is 0.325 e. The fourth-order valence-corrected chi connectivity index (χ4v) is 2.38. The van der Waals surface area contributed by atoms with Crippen LogP contribution in [0.2, 0.25) is 0 Å². The van der Waals surface area contributed by atoms with Crippen LogP contribution in [0.15, 0.2) is 41.8 Å². The molecule has 9 nitrogen and oxygen atoms in total. The molecule has 0 aliphatic heterocycles. The van der Waals surface area contributed by atoms with Gasteiger partial charge in [0.05, 0.1) is 9.80 Å². The van der Waals surface area contributed by atoms with Gasteiger partial charge in [-0.15, -0.1) is 11.3 Å². The lowest BCUT2D eigenvalue weighted by molar-refractivity contribution is -0.384. The number of thiophene rings is 1. The van der Waals surface area contributed by atoms with Gasteiger partial charge in [0, 0.05) is 17.8 Å². The molecule has 1 heterocycles. The number of esters is 1. The first-order valence-corrected chi connectivity index (χ1v) is 7.85. The van der Waals surface area contributed by atoms with Crippen LogP contribution in [0.1, 0.15) is 9.67 Å². The molecule has 1 aromatic carbocycles. The number of rotatable bonds is 7. The van der Waals surface area contributed by atoms with E-state index in [2.05, 4.69) is 10.6 Å². The first-order valence-electron chi connectivity index (χ1n) is 6.97. The third kappa shape index (κ3) is 5.70. The van der Waals surface area contributed by atoms with Crippen molar-refractivity contribution in [1.82, 2.24) is 5.32 Å². The summed E-state index contributed by atoms with van der Waals surface area (Å²) in [7, 11) is 0. The molecular formula is C15H13N3O6S. The summed E-state index contributed by atoms with van der Waals surface area (Å²) in [6.45, 7) is -0.947. The van der Waals surface area contributed by atoms with E-state index in [1.165, 1.54) is 35.6 Å². The zero-order valence-corrected chi connectivity index (χ0v) is 13.6. The highest BCUT2D eigenvalue weighted by atomic mass is 32.1. The Morgan fingerprint density at radius 3 is 2.68 bits per heavy atom. The van der Waals surface area contributed by atoms with Crippen molar-refractivity contribution in [2.75, 3.05) is 18.5 Å². The molecule has 130 valence electrons. The van der Waals surface area contributed by atoms with Crippen LogP contribution < -0.4 is 10.6 Å². The summed E-state index contributed by atoms with van der Waals surface area (Å²) in [4.78, 5) is 45.3. The van der Waals surface area contributed by atoms with E-state index >= 15 is 0 Å². The summed E-state index contributed by atoms with van der Waals surface area (Å²) >= 11 is 1.23. The van der Waals surface area contributed by atoms with Crippen molar-refractivity contribution < 1.29 is 24.0 Å². The quantitative estimate of drug-likeness (QED) is 0.437. The van der Waals surface area contributed by atoms with Gasteiger partial charge in [0.25, 0.3) is 17.5 Å². The first-order chi connectivity index (χ1) is 12.0. The zero-order valence-electron chi connectivity index (χ0n) is 12.8. The molecule has 25 heavy (non-hydrogen) atoms. The van der Waals surface area contributed by atoms with Gasteiger partial charge in [-0.2, -0.15) is 0 Å². The van der Waals surface area contributed by atoms with Gasteiger partial charge in [-0.05, 0) is 17.5 Å². The minimum atomic E-state index is -0.779. The van der Waals surface area contributed by atoms with Crippen LogP contribution in [0.4, 0.5) is 11.4 Å². The summed E-state index contributed by atoms with van der Waals surface area (Å²) in [5.41, 5.74) is 0.0346. The molecule has 0 radical (unpaired) electrons. The maximum atomic E-state index is 11.7. The van der Waals surface area contributed by atoms with Crippen molar-refractivity contribution in [2.45, 2.75) is 0 Å². The highest BCUT2D eigenvalue weighted by Crippen LogP contribution is 2.16. The Morgan fingerprint density at radius 1 is 1.20 bits per heavy atom. The molecule has 2 N–H and O–H groups in total. The van der Waals surface area contributed by atoms with Gasteiger partial charge in [0.2, 0.25) is 0 Å². The predicted molar refractivity (Wildman–Crippen MR) is 89.3 cm³/mol. The van der Waals surface area contributed by atoms with Gasteiger partial charge in [-0.3, -0.25) is 24.5 Å². The fourth-order valence-electron chi connectivity index (χ4n) is 1.74. The number of carbonyl (C=O) groups excluding carboxylic acids is 3. The molecule has 0 aliphatic rings. The molecule has 0 bridgehead atoms. The summed E-state index contributed by atoms with van der Waals surface area (Å²) in [5, 5.41) is 17.1. The molecule has 2 amide bonds. The molecule has 0 fully saturated rings. The Bertz CT molecular complexity index is 790. The Balaban J connectivity index is 1.74. The van der Waals surface area contributed by atoms with E-state index in [4.69, 9.17) is 4.74 Å². The lowest BCUT2D eigenvalue weighted by Crippen LogP contribution is -2.31. The number of nitro groups is 1. The van der Waals surface area contributed by atoms with E-state index in [-0.39, 0.29) is 17.9 Å². The molecule has 1 aromatic heterocycles. The molecule has 0 aliphatic carbocycles. The largest absolute Gasteiger partial charge is 0.454 e. The molecule has 10 heteroatoms. The molecule has 0 saturated heterocycles. The average molecular weight is 363 g/mol. The molecule has 0 saturated carbocycles. The maximum absolute atomic E-state index is 11.7. The zero-order chi connectivity index (χ0) is 18.2. The predicted octanol–water partition coefficient (Wildman–Crippen LogP) is 1.57. The summed E-state index contributed by atoms with van der Waals surface area (Å²) in [6.07, 6.45) is 0. The number of carbonyl (C=O) groups is 3. The van der Waals surface area contributed by atoms with Gasteiger partial charge >= 0.3 is 5.97 Å². The van der Waals surface area contributed by atoms with Gasteiger partial charge in [0.15, 0.2) is 6.61 Å². The molecule has 2 rings (SSSR count). The highest BCUT2D eigenvalue weighted by Gasteiger charge is 2.12. The Kier molecular flexibility index (Phi) is 6.18. The van der Waals surface area contributed by atoms with Gasteiger partial charge in [0.1, 0.15) is 6.54 Å². The van der Waals surface area contributed by atoms with Crippen molar-refractivity contribution in [3.8, 4) is 0 Å². The number of anilines is 1. The van der Waals surface area contributed by atoms with Crippen molar-refractivity contribution in [3.63, 3.8) is 0 Å². The van der Waals surface area contributed by atoms with Crippen molar-refractivity contribution in [3.05, 3.63) is 56.8 Å². The van der Waals surface area contributed by atoms with Crippen molar-refractivity contribution in [2.24, 2.45) is 0 Å². The molecule has 0 spiro atoms. The summed E-state index contributed by atoms with van der Waals surface area (Å²) in [5.74, 6) is -1.84. The number of nitrogens with zero attached hydrogens (tertiary/aromatic N) is 1. The Labute approximate surface area is 145 Å². The topological polar surface area (TPSA) is 128 Å². The van der Waals surface area contributed by atoms with Crippen LogP contribution in [0, 0.1) is 10.1 Å². The molecule has 0 atom stereocenters. The molecule has 0 unspecified atom stereocenters. The number of amides is 2. The fraction of sp³-hybridized carbons (Fsp3) is 0.133. The van der Waals surface area contributed by atoms with Crippen LogP contribution >= 0.6 is 11.3 Å². The number of non-ortho nitro benzene ring substituents is 1. The second kappa shape index (κ2) is 8.55. The van der Waals surface area contributed by atoms with Crippen molar-refractivity contribution >= 4 is 40.5 Å². The number of benzene rings is 1. The van der Waals surface area contributed by atoms with Crippen molar-refractivity contribution in [1.29, 1.82) is 0 Å². The van der Waals surface area contributed by atoms with Crippen LogP contribution in [0.5, 0.6) is 0 Å². The standard InChI is InChI=1S/C15H13N3O6S/c19-13(17-10-3-1-4-11(7-10)18(22)23)9-24-14(20)8-16-15(21)12-5-2-6-25-12/h1-7H,8-9H2,(H,16,21)(H,17,19). The lowest BCUT2D eigenvalue weighted by Gasteiger charge is -2.07. The first kappa shape index (κ1) is 18.1. The summed E-state index contributed by atoms with van der Waals surface area (Å²) < 4.78 is 4.73. The number of ether oxygens (including phenoxy) is 1. The monoisotopic (exact) mass is 363 g/mol. The Morgan fingerprint density at radius 2 is 2.00 bits per heavy atom. The number of hydrogen-bond donors (Lipinski definition) is 2.